The average molecular weight is 234 g/mol. The summed E-state index contributed by atoms with van der Waals surface area (Å²) in [5, 5.41) is 3.35. The van der Waals surface area contributed by atoms with Crippen LogP contribution in [0, 0.1) is 0 Å². The Hall–Kier alpha value is -1.62. The smallest absolute Gasteiger partial charge is 0.250 e. The summed E-state index contributed by atoms with van der Waals surface area (Å²) in [5.41, 5.74) is 11.4. The molecule has 2 rings (SSSR count). The second kappa shape index (κ2) is 5.14. The zero-order chi connectivity index (χ0) is 12.3. The quantitative estimate of drug-likeness (QED) is 0.723. The number of nitrogens with two attached hydrogens (primary N) is 2. The highest BCUT2D eigenvalue weighted by atomic mass is 16.1. The van der Waals surface area contributed by atoms with Gasteiger partial charge in [0.2, 0.25) is 5.91 Å². The molecular formula is C12H18N4O. The lowest BCUT2D eigenvalue weighted by Crippen LogP contribution is -2.33. The molecule has 0 atom stereocenters. The van der Waals surface area contributed by atoms with Crippen molar-refractivity contribution in [2.45, 2.75) is 37.8 Å². The highest BCUT2D eigenvalue weighted by molar-refractivity contribution is 5.92. The van der Waals surface area contributed by atoms with Crippen molar-refractivity contribution in [1.29, 1.82) is 0 Å². The third kappa shape index (κ3) is 3.17. The van der Waals surface area contributed by atoms with E-state index in [0.717, 1.165) is 31.5 Å². The van der Waals surface area contributed by atoms with Gasteiger partial charge in [-0.2, -0.15) is 0 Å². The Kier molecular flexibility index (Phi) is 3.58. The molecule has 1 fully saturated rings. The number of hydrogen-bond acceptors (Lipinski definition) is 4. The molecule has 0 spiro atoms. The largest absolute Gasteiger partial charge is 0.367 e. The Labute approximate surface area is 101 Å². The molecule has 1 heterocycles. The zero-order valence-corrected chi connectivity index (χ0v) is 9.73. The second-order valence-electron chi connectivity index (χ2n) is 4.55. The van der Waals surface area contributed by atoms with E-state index in [9.17, 15) is 4.79 Å². The first-order chi connectivity index (χ1) is 8.15. The fourth-order valence-corrected chi connectivity index (χ4v) is 2.10. The van der Waals surface area contributed by atoms with Crippen molar-refractivity contribution in [1.82, 2.24) is 4.98 Å². The van der Waals surface area contributed by atoms with Crippen molar-refractivity contribution in [2.24, 2.45) is 11.5 Å². The molecule has 0 aromatic carbocycles. The lowest BCUT2D eigenvalue weighted by molar-refractivity contribution is 0.1000. The third-order valence-electron chi connectivity index (χ3n) is 3.17. The van der Waals surface area contributed by atoms with E-state index in [1.807, 2.05) is 0 Å². The van der Waals surface area contributed by atoms with Gasteiger partial charge < -0.3 is 16.8 Å². The van der Waals surface area contributed by atoms with E-state index in [1.165, 1.54) is 6.20 Å². The van der Waals surface area contributed by atoms with Crippen LogP contribution >= 0.6 is 0 Å². The Morgan fingerprint density at radius 1 is 1.29 bits per heavy atom. The zero-order valence-electron chi connectivity index (χ0n) is 9.73. The predicted molar refractivity (Wildman–Crippen MR) is 66.6 cm³/mol. The highest BCUT2D eigenvalue weighted by Crippen LogP contribution is 2.20. The monoisotopic (exact) mass is 234 g/mol. The molecule has 1 aromatic rings. The van der Waals surface area contributed by atoms with Gasteiger partial charge in [-0.25, -0.2) is 4.98 Å². The van der Waals surface area contributed by atoms with Crippen LogP contribution < -0.4 is 16.8 Å². The molecule has 0 saturated heterocycles. The number of nitrogens with zero attached hydrogens (tertiary/aromatic N) is 1. The second-order valence-corrected chi connectivity index (χ2v) is 4.55. The molecule has 17 heavy (non-hydrogen) atoms. The molecule has 92 valence electrons. The van der Waals surface area contributed by atoms with Gasteiger partial charge in [-0.05, 0) is 37.8 Å². The van der Waals surface area contributed by atoms with Gasteiger partial charge in [-0.1, -0.05) is 0 Å². The fourth-order valence-electron chi connectivity index (χ4n) is 2.10. The van der Waals surface area contributed by atoms with Gasteiger partial charge in [-0.15, -0.1) is 0 Å². The van der Waals surface area contributed by atoms with Crippen LogP contribution in [0.3, 0.4) is 0 Å². The minimum Gasteiger partial charge on any atom is -0.367 e. The number of aromatic nitrogens is 1. The molecule has 1 aliphatic carbocycles. The van der Waals surface area contributed by atoms with E-state index in [4.69, 9.17) is 11.5 Å². The summed E-state index contributed by atoms with van der Waals surface area (Å²) in [5.74, 6) is 0.336. The number of primary amides is 1. The van der Waals surface area contributed by atoms with Gasteiger partial charge in [0.25, 0.3) is 0 Å². The first-order valence-corrected chi connectivity index (χ1v) is 5.93. The van der Waals surface area contributed by atoms with Crippen LogP contribution in [-0.2, 0) is 0 Å². The molecule has 0 bridgehead atoms. The van der Waals surface area contributed by atoms with Crippen molar-refractivity contribution in [3.8, 4) is 0 Å². The summed E-state index contributed by atoms with van der Waals surface area (Å²) in [4.78, 5) is 15.1. The summed E-state index contributed by atoms with van der Waals surface area (Å²) >= 11 is 0. The van der Waals surface area contributed by atoms with Crippen LogP contribution in [0.2, 0.25) is 0 Å². The number of pyridine rings is 1. The molecule has 0 unspecified atom stereocenters. The van der Waals surface area contributed by atoms with Crippen LogP contribution in [0.15, 0.2) is 18.3 Å². The van der Waals surface area contributed by atoms with E-state index in [2.05, 4.69) is 10.3 Å². The molecule has 1 aliphatic rings. The first kappa shape index (κ1) is 11.9. The lowest BCUT2D eigenvalue weighted by atomic mass is 9.92. The van der Waals surface area contributed by atoms with Gasteiger partial charge in [0.15, 0.2) is 0 Å². The summed E-state index contributed by atoms with van der Waals surface area (Å²) in [6.45, 7) is 0. The van der Waals surface area contributed by atoms with Gasteiger partial charge >= 0.3 is 0 Å². The molecule has 5 heteroatoms. The maximum atomic E-state index is 10.9. The Bertz CT molecular complexity index is 382. The Morgan fingerprint density at radius 3 is 2.53 bits per heavy atom. The van der Waals surface area contributed by atoms with Crippen LogP contribution in [-0.4, -0.2) is 23.0 Å². The van der Waals surface area contributed by atoms with Gasteiger partial charge in [0, 0.05) is 18.3 Å². The van der Waals surface area contributed by atoms with E-state index in [1.54, 1.807) is 12.1 Å². The number of rotatable bonds is 3. The maximum Gasteiger partial charge on any atom is 0.250 e. The minimum absolute atomic E-state index is 0.346. The third-order valence-corrected chi connectivity index (χ3v) is 3.17. The average Bonchev–Trinajstić information content (AvgIpc) is 2.33. The summed E-state index contributed by atoms with van der Waals surface area (Å²) < 4.78 is 0. The number of nitrogens with one attached hydrogen (secondary N) is 1. The van der Waals surface area contributed by atoms with E-state index < -0.39 is 5.91 Å². The number of anilines is 1. The number of carbonyl (C=O) groups is 1. The molecular weight excluding hydrogens is 216 g/mol. The molecule has 5 N–H and O–H groups in total. The van der Waals surface area contributed by atoms with Crippen molar-refractivity contribution in [3.05, 3.63) is 23.9 Å². The van der Waals surface area contributed by atoms with Crippen LogP contribution in [0.1, 0.15) is 36.0 Å². The summed E-state index contributed by atoms with van der Waals surface area (Å²) in [7, 11) is 0. The van der Waals surface area contributed by atoms with Gasteiger partial charge in [-0.3, -0.25) is 4.79 Å². The predicted octanol–water partition coefficient (Wildman–Crippen LogP) is 0.862. The summed E-state index contributed by atoms with van der Waals surface area (Å²) in [6, 6.07) is 4.25. The Morgan fingerprint density at radius 2 is 2.00 bits per heavy atom. The summed E-state index contributed by atoms with van der Waals surface area (Å²) in [6.07, 6.45) is 5.74. The van der Waals surface area contributed by atoms with Crippen LogP contribution in [0.25, 0.3) is 0 Å². The molecule has 5 nitrogen and oxygen atoms in total. The topological polar surface area (TPSA) is 94.0 Å². The normalized spacial score (nSPS) is 24.3. The molecule has 1 amide bonds. The first-order valence-electron chi connectivity index (χ1n) is 5.93. The fraction of sp³-hybridized carbons (Fsp3) is 0.500. The van der Waals surface area contributed by atoms with Crippen molar-refractivity contribution >= 4 is 11.7 Å². The number of amides is 1. The van der Waals surface area contributed by atoms with Crippen LogP contribution in [0.4, 0.5) is 5.82 Å². The SMILES string of the molecule is NC(=O)c1ccc(N[C@H]2CC[C@H](N)CC2)nc1. The molecule has 1 aromatic heterocycles. The standard InChI is InChI=1S/C12H18N4O/c13-9-2-4-10(5-3-9)16-11-6-1-8(7-15-11)12(14)17/h1,6-7,9-10H,2-5,13H2,(H2,14,17)(H,15,16)/t9-,10-. The van der Waals surface area contributed by atoms with Gasteiger partial charge in [0.1, 0.15) is 5.82 Å². The highest BCUT2D eigenvalue weighted by Gasteiger charge is 2.18. The Balaban J connectivity index is 1.92. The molecule has 0 aliphatic heterocycles. The van der Waals surface area contributed by atoms with E-state index in [-0.39, 0.29) is 0 Å². The van der Waals surface area contributed by atoms with Gasteiger partial charge in [0.05, 0.1) is 5.56 Å². The molecule has 0 radical (unpaired) electrons. The van der Waals surface area contributed by atoms with Crippen LogP contribution in [0.5, 0.6) is 0 Å². The van der Waals surface area contributed by atoms with E-state index in [0.29, 0.717) is 17.6 Å². The lowest BCUT2D eigenvalue weighted by Gasteiger charge is -2.27. The van der Waals surface area contributed by atoms with Crippen molar-refractivity contribution in [2.75, 3.05) is 5.32 Å². The minimum atomic E-state index is -0.451. The van der Waals surface area contributed by atoms with E-state index >= 15 is 0 Å². The molecule has 1 saturated carbocycles. The van der Waals surface area contributed by atoms with Crippen molar-refractivity contribution < 1.29 is 4.79 Å². The maximum absolute atomic E-state index is 10.9. The number of hydrogen-bond donors (Lipinski definition) is 3. The van der Waals surface area contributed by atoms with Crippen molar-refractivity contribution in [3.63, 3.8) is 0 Å². The number of carbonyl (C=O) groups excluding carboxylic acids is 1.